The summed E-state index contributed by atoms with van der Waals surface area (Å²) in [7, 11) is 0. The lowest BCUT2D eigenvalue weighted by atomic mass is 10.3. The molecule has 1 heterocycles. The molecule has 6 heteroatoms. The third kappa shape index (κ3) is 3.68. The normalized spacial score (nSPS) is 10.3. The Morgan fingerprint density at radius 2 is 2.16 bits per heavy atom. The maximum Gasteiger partial charge on any atom is 0.221 e. The van der Waals surface area contributed by atoms with Gasteiger partial charge in [0.15, 0.2) is 0 Å². The number of carbonyl (C=O) groups is 1. The molecule has 0 bridgehead atoms. The molecule has 0 aliphatic heterocycles. The second-order valence-corrected chi connectivity index (χ2v) is 5.32. The molecule has 100 valence electrons. The fourth-order valence-electron chi connectivity index (χ4n) is 1.59. The van der Waals surface area contributed by atoms with Crippen LogP contribution in [0.15, 0.2) is 29.6 Å². The molecule has 0 fully saturated rings. The Hall–Kier alpha value is -1.59. The van der Waals surface area contributed by atoms with Crippen LogP contribution in [0.1, 0.15) is 11.8 Å². The highest BCUT2D eigenvalue weighted by molar-refractivity contribution is 7.10. The Balaban J connectivity index is 2.08. The van der Waals surface area contributed by atoms with Gasteiger partial charge in [-0.3, -0.25) is 4.79 Å². The molecule has 1 aromatic heterocycles. The average molecular weight is 299 g/mol. The van der Waals surface area contributed by atoms with Crippen molar-refractivity contribution in [3.63, 3.8) is 0 Å². The minimum atomic E-state index is -0.347. The molecule has 0 saturated heterocycles. The van der Waals surface area contributed by atoms with E-state index in [0.717, 1.165) is 10.6 Å². The highest BCUT2D eigenvalue weighted by atomic mass is 35.5. The minimum Gasteiger partial charge on any atom is -0.379 e. The van der Waals surface area contributed by atoms with E-state index in [1.165, 1.54) is 36.5 Å². The largest absolute Gasteiger partial charge is 0.379 e. The third-order valence-corrected chi connectivity index (χ3v) is 3.67. The molecular formula is C13H12ClFN2OS. The van der Waals surface area contributed by atoms with E-state index >= 15 is 0 Å². The Labute approximate surface area is 119 Å². The van der Waals surface area contributed by atoms with Crippen LogP contribution >= 0.6 is 22.9 Å². The summed E-state index contributed by atoms with van der Waals surface area (Å²) in [5.41, 5.74) is 1.29. The number of benzene rings is 1. The Bertz CT molecular complexity index is 600. The van der Waals surface area contributed by atoms with E-state index in [-0.39, 0.29) is 11.7 Å². The summed E-state index contributed by atoms with van der Waals surface area (Å²) in [6.07, 6.45) is 0. The van der Waals surface area contributed by atoms with Gasteiger partial charge in [0.05, 0.1) is 22.9 Å². The van der Waals surface area contributed by atoms with Crippen molar-refractivity contribution in [2.45, 2.75) is 13.5 Å². The number of hydrogen-bond acceptors (Lipinski definition) is 3. The molecular weight excluding hydrogens is 287 g/mol. The molecule has 0 atom stereocenters. The highest BCUT2D eigenvalue weighted by Crippen LogP contribution is 2.26. The van der Waals surface area contributed by atoms with Crippen LogP contribution in [-0.4, -0.2) is 5.91 Å². The molecule has 0 saturated carbocycles. The van der Waals surface area contributed by atoms with Crippen molar-refractivity contribution in [3.8, 4) is 0 Å². The lowest BCUT2D eigenvalue weighted by Gasteiger charge is -2.09. The van der Waals surface area contributed by atoms with Crippen molar-refractivity contribution in [3.05, 3.63) is 45.4 Å². The quantitative estimate of drug-likeness (QED) is 0.892. The molecule has 2 aromatic rings. The standard InChI is InChI=1S/C13H12ClFN2OS/c1-8(18)17-11-4-5-19-13(11)7-16-12-6-9(15)2-3-10(12)14/h2-6,16H,7H2,1H3,(H,17,18). The number of amides is 1. The zero-order valence-corrected chi connectivity index (χ0v) is 11.7. The lowest BCUT2D eigenvalue weighted by molar-refractivity contribution is -0.114. The second kappa shape index (κ2) is 6.04. The summed E-state index contributed by atoms with van der Waals surface area (Å²) in [5.74, 6) is -0.469. The minimum absolute atomic E-state index is 0.122. The van der Waals surface area contributed by atoms with Crippen molar-refractivity contribution in [2.24, 2.45) is 0 Å². The first-order valence-corrected chi connectivity index (χ1v) is 6.85. The number of nitrogens with one attached hydrogen (secondary N) is 2. The van der Waals surface area contributed by atoms with Gasteiger partial charge in [0.2, 0.25) is 5.91 Å². The van der Waals surface area contributed by atoms with E-state index < -0.39 is 0 Å². The summed E-state index contributed by atoms with van der Waals surface area (Å²) >= 11 is 7.47. The Morgan fingerprint density at radius 3 is 2.89 bits per heavy atom. The number of carbonyl (C=O) groups excluding carboxylic acids is 1. The molecule has 2 rings (SSSR count). The van der Waals surface area contributed by atoms with Crippen LogP contribution in [-0.2, 0) is 11.3 Å². The van der Waals surface area contributed by atoms with Crippen LogP contribution in [0.2, 0.25) is 5.02 Å². The van der Waals surface area contributed by atoms with Crippen molar-refractivity contribution in [2.75, 3.05) is 10.6 Å². The molecule has 1 amide bonds. The summed E-state index contributed by atoms with van der Waals surface area (Å²) in [4.78, 5) is 12.0. The van der Waals surface area contributed by atoms with E-state index in [2.05, 4.69) is 10.6 Å². The molecule has 0 aliphatic carbocycles. The van der Waals surface area contributed by atoms with E-state index in [1.54, 1.807) is 0 Å². The smallest absolute Gasteiger partial charge is 0.221 e. The number of halogens is 2. The van der Waals surface area contributed by atoms with Gasteiger partial charge in [-0.25, -0.2) is 4.39 Å². The maximum atomic E-state index is 13.1. The fraction of sp³-hybridized carbons (Fsp3) is 0.154. The maximum absolute atomic E-state index is 13.1. The van der Waals surface area contributed by atoms with Crippen LogP contribution in [0.3, 0.4) is 0 Å². The Morgan fingerprint density at radius 1 is 1.37 bits per heavy atom. The zero-order valence-electron chi connectivity index (χ0n) is 10.2. The van der Waals surface area contributed by atoms with Gasteiger partial charge in [-0.2, -0.15) is 0 Å². The monoisotopic (exact) mass is 298 g/mol. The topological polar surface area (TPSA) is 41.1 Å². The molecule has 3 nitrogen and oxygen atoms in total. The molecule has 0 spiro atoms. The van der Waals surface area contributed by atoms with Gasteiger partial charge >= 0.3 is 0 Å². The summed E-state index contributed by atoms with van der Waals surface area (Å²) in [6.45, 7) is 1.93. The molecule has 1 aromatic carbocycles. The van der Waals surface area contributed by atoms with Crippen LogP contribution in [0, 0.1) is 5.82 Å². The van der Waals surface area contributed by atoms with Crippen LogP contribution < -0.4 is 10.6 Å². The fourth-order valence-corrected chi connectivity index (χ4v) is 2.54. The van der Waals surface area contributed by atoms with E-state index in [1.807, 2.05) is 11.4 Å². The first-order chi connectivity index (χ1) is 9.06. The van der Waals surface area contributed by atoms with Crippen molar-refractivity contribution in [1.82, 2.24) is 0 Å². The van der Waals surface area contributed by atoms with Gasteiger partial charge in [-0.15, -0.1) is 11.3 Å². The van der Waals surface area contributed by atoms with Gasteiger partial charge < -0.3 is 10.6 Å². The summed E-state index contributed by atoms with van der Waals surface area (Å²) < 4.78 is 13.1. The molecule has 0 radical (unpaired) electrons. The number of anilines is 2. The SMILES string of the molecule is CC(=O)Nc1ccsc1CNc1cc(F)ccc1Cl. The van der Waals surface area contributed by atoms with Gasteiger partial charge in [0.25, 0.3) is 0 Å². The van der Waals surface area contributed by atoms with Gasteiger partial charge in [-0.1, -0.05) is 11.6 Å². The lowest BCUT2D eigenvalue weighted by Crippen LogP contribution is -2.08. The molecule has 19 heavy (non-hydrogen) atoms. The summed E-state index contributed by atoms with van der Waals surface area (Å²) in [6, 6.07) is 5.98. The highest BCUT2D eigenvalue weighted by Gasteiger charge is 2.07. The van der Waals surface area contributed by atoms with Crippen LogP contribution in [0.25, 0.3) is 0 Å². The van der Waals surface area contributed by atoms with E-state index in [9.17, 15) is 9.18 Å². The van der Waals surface area contributed by atoms with E-state index in [4.69, 9.17) is 11.6 Å². The number of thiophene rings is 1. The molecule has 0 unspecified atom stereocenters. The predicted octanol–water partition coefficient (Wildman–Crippen LogP) is 4.11. The first kappa shape index (κ1) is 13.8. The Kier molecular flexibility index (Phi) is 4.39. The zero-order chi connectivity index (χ0) is 13.8. The number of rotatable bonds is 4. The van der Waals surface area contributed by atoms with Crippen LogP contribution in [0.5, 0.6) is 0 Å². The average Bonchev–Trinajstić information content (AvgIpc) is 2.77. The first-order valence-electron chi connectivity index (χ1n) is 5.59. The molecule has 0 aliphatic rings. The van der Waals surface area contributed by atoms with Crippen molar-refractivity contribution >= 4 is 40.2 Å². The predicted molar refractivity (Wildman–Crippen MR) is 77.4 cm³/mol. The van der Waals surface area contributed by atoms with Gasteiger partial charge in [0.1, 0.15) is 5.82 Å². The van der Waals surface area contributed by atoms with Crippen molar-refractivity contribution in [1.29, 1.82) is 0 Å². The third-order valence-electron chi connectivity index (χ3n) is 2.42. The molecule has 2 N–H and O–H groups in total. The summed E-state index contributed by atoms with van der Waals surface area (Å²) in [5, 5.41) is 8.14. The van der Waals surface area contributed by atoms with Gasteiger partial charge in [0, 0.05) is 11.8 Å². The van der Waals surface area contributed by atoms with E-state index in [0.29, 0.717) is 17.3 Å². The van der Waals surface area contributed by atoms with Crippen molar-refractivity contribution < 1.29 is 9.18 Å². The number of hydrogen-bond donors (Lipinski definition) is 2. The van der Waals surface area contributed by atoms with Crippen LogP contribution in [0.4, 0.5) is 15.8 Å². The van der Waals surface area contributed by atoms with Gasteiger partial charge in [-0.05, 0) is 29.6 Å². The second-order valence-electron chi connectivity index (χ2n) is 3.92.